The Balaban J connectivity index is 1.87. The van der Waals surface area contributed by atoms with E-state index in [0.717, 1.165) is 30.7 Å². The van der Waals surface area contributed by atoms with Crippen molar-refractivity contribution in [2.24, 2.45) is 0 Å². The fourth-order valence-corrected chi connectivity index (χ4v) is 2.41. The maximum Gasteiger partial charge on any atom is 0.328 e. The molecular formula is C15H20N2O4. The summed E-state index contributed by atoms with van der Waals surface area (Å²) in [7, 11) is 0. The van der Waals surface area contributed by atoms with E-state index in [1.54, 1.807) is 0 Å². The molecule has 0 aromatic carbocycles. The molecule has 1 unspecified atom stereocenters. The Morgan fingerprint density at radius 2 is 2.14 bits per heavy atom. The maximum absolute atomic E-state index is 11.0. The molecule has 1 aliphatic rings. The first kappa shape index (κ1) is 15.4. The van der Waals surface area contributed by atoms with Crippen molar-refractivity contribution in [2.45, 2.75) is 45.3 Å². The summed E-state index contributed by atoms with van der Waals surface area (Å²) in [4.78, 5) is 26.4. The zero-order valence-corrected chi connectivity index (χ0v) is 12.1. The number of aliphatic carboxylic acids is 1. The third-order valence-corrected chi connectivity index (χ3v) is 3.45. The van der Waals surface area contributed by atoms with Gasteiger partial charge in [0.25, 0.3) is 0 Å². The summed E-state index contributed by atoms with van der Waals surface area (Å²) >= 11 is 0. The second-order valence-electron chi connectivity index (χ2n) is 5.22. The van der Waals surface area contributed by atoms with E-state index < -0.39 is 17.9 Å². The van der Waals surface area contributed by atoms with Gasteiger partial charge in [0.05, 0.1) is 18.9 Å². The van der Waals surface area contributed by atoms with E-state index in [-0.39, 0.29) is 13.2 Å². The van der Waals surface area contributed by atoms with Gasteiger partial charge >= 0.3 is 5.97 Å². The largest absolute Gasteiger partial charge is 0.480 e. The Bertz CT molecular complexity index is 530. The summed E-state index contributed by atoms with van der Waals surface area (Å²) in [5.74, 6) is -1.50. The Morgan fingerprint density at radius 3 is 2.86 bits per heavy atom. The van der Waals surface area contributed by atoms with Crippen LogP contribution in [0.25, 0.3) is 0 Å². The molecule has 0 spiro atoms. The molecule has 1 aromatic rings. The van der Waals surface area contributed by atoms with Gasteiger partial charge in [0, 0.05) is 12.6 Å². The average Bonchev–Trinajstić information content (AvgIpc) is 2.45. The minimum Gasteiger partial charge on any atom is -0.480 e. The first-order chi connectivity index (χ1) is 10.1. The number of carboxylic acid groups (broad SMARTS) is 1. The van der Waals surface area contributed by atoms with Crippen molar-refractivity contribution in [1.29, 1.82) is 0 Å². The molecule has 2 N–H and O–H groups in total. The minimum atomic E-state index is -1.11. The lowest BCUT2D eigenvalue weighted by Crippen LogP contribution is -2.42. The number of aromatic nitrogens is 1. The Morgan fingerprint density at radius 1 is 1.38 bits per heavy atom. The van der Waals surface area contributed by atoms with Crippen LogP contribution in [0.2, 0.25) is 0 Å². The van der Waals surface area contributed by atoms with E-state index >= 15 is 0 Å². The lowest BCUT2D eigenvalue weighted by atomic mass is 9.96. The van der Waals surface area contributed by atoms with E-state index in [0.29, 0.717) is 0 Å². The Labute approximate surface area is 123 Å². The molecule has 6 heteroatoms. The lowest BCUT2D eigenvalue weighted by Gasteiger charge is -2.16. The van der Waals surface area contributed by atoms with Gasteiger partial charge in [0.1, 0.15) is 0 Å². The van der Waals surface area contributed by atoms with Gasteiger partial charge in [0.2, 0.25) is 5.91 Å². The van der Waals surface area contributed by atoms with Crippen LogP contribution in [0.1, 0.15) is 36.7 Å². The highest BCUT2D eigenvalue weighted by atomic mass is 16.5. The molecule has 21 heavy (non-hydrogen) atoms. The van der Waals surface area contributed by atoms with Crippen molar-refractivity contribution in [3.05, 3.63) is 29.1 Å². The number of ether oxygens (including phenoxy) is 1. The molecule has 114 valence electrons. The van der Waals surface area contributed by atoms with E-state index in [2.05, 4.69) is 16.4 Å². The standard InChI is InChI=1S/C15H20N2O4/c1-10(18)16-14(15(19)20)9-21-8-12-7-6-11-4-2-3-5-13(11)17-12/h6-7,14H,2-5,8-9H2,1H3,(H,16,18)(H,19,20). The second-order valence-corrected chi connectivity index (χ2v) is 5.22. The number of nitrogens with one attached hydrogen (secondary N) is 1. The quantitative estimate of drug-likeness (QED) is 0.818. The highest BCUT2D eigenvalue weighted by Crippen LogP contribution is 2.19. The summed E-state index contributed by atoms with van der Waals surface area (Å²) in [6, 6.07) is 2.96. The summed E-state index contributed by atoms with van der Waals surface area (Å²) in [6.07, 6.45) is 4.44. The van der Waals surface area contributed by atoms with Crippen molar-refractivity contribution >= 4 is 11.9 Å². The number of carboxylic acids is 1. The molecule has 0 saturated heterocycles. The van der Waals surface area contributed by atoms with Crippen LogP contribution in [-0.4, -0.2) is 34.6 Å². The summed E-state index contributed by atoms with van der Waals surface area (Å²) in [6.45, 7) is 1.45. The molecule has 0 radical (unpaired) electrons. The van der Waals surface area contributed by atoms with E-state index in [9.17, 15) is 9.59 Å². The smallest absolute Gasteiger partial charge is 0.328 e. The van der Waals surface area contributed by atoms with Crippen molar-refractivity contribution in [3.63, 3.8) is 0 Å². The van der Waals surface area contributed by atoms with Crippen molar-refractivity contribution in [3.8, 4) is 0 Å². The minimum absolute atomic E-state index is 0.0757. The fourth-order valence-electron chi connectivity index (χ4n) is 2.41. The molecular weight excluding hydrogens is 272 g/mol. The molecule has 1 amide bonds. The van der Waals surface area contributed by atoms with E-state index in [1.807, 2.05) is 6.07 Å². The molecule has 0 bridgehead atoms. The SMILES string of the molecule is CC(=O)NC(COCc1ccc2c(n1)CCCC2)C(=O)O. The van der Waals surface area contributed by atoms with Crippen molar-refractivity contribution in [1.82, 2.24) is 10.3 Å². The number of rotatable bonds is 6. The van der Waals surface area contributed by atoms with Gasteiger partial charge in [0.15, 0.2) is 6.04 Å². The molecule has 6 nitrogen and oxygen atoms in total. The number of pyridine rings is 1. The predicted molar refractivity (Wildman–Crippen MR) is 75.8 cm³/mol. The van der Waals surface area contributed by atoms with E-state index in [4.69, 9.17) is 9.84 Å². The summed E-state index contributed by atoms with van der Waals surface area (Å²) in [5.41, 5.74) is 3.22. The number of amides is 1. The topological polar surface area (TPSA) is 88.5 Å². The number of carbonyl (C=O) groups excluding carboxylic acids is 1. The van der Waals surface area contributed by atoms with Gasteiger partial charge in [-0.2, -0.15) is 0 Å². The fraction of sp³-hybridized carbons (Fsp3) is 0.533. The maximum atomic E-state index is 11.0. The molecule has 1 atom stereocenters. The van der Waals surface area contributed by atoms with Gasteiger partial charge in [-0.15, -0.1) is 0 Å². The number of nitrogens with zero attached hydrogens (tertiary/aromatic N) is 1. The van der Waals surface area contributed by atoms with Gasteiger partial charge in [-0.3, -0.25) is 9.78 Å². The zero-order valence-electron chi connectivity index (χ0n) is 12.1. The highest BCUT2D eigenvalue weighted by molar-refractivity contribution is 5.82. The molecule has 2 rings (SSSR count). The second kappa shape index (κ2) is 7.17. The molecule has 1 aliphatic carbocycles. The van der Waals surface area contributed by atoms with Crippen LogP contribution in [0.4, 0.5) is 0 Å². The van der Waals surface area contributed by atoms with Crippen LogP contribution in [0, 0.1) is 0 Å². The molecule has 1 aromatic heterocycles. The molecule has 1 heterocycles. The zero-order chi connectivity index (χ0) is 15.2. The van der Waals surface area contributed by atoms with Crippen LogP contribution in [0.15, 0.2) is 12.1 Å². The molecule has 0 aliphatic heterocycles. The normalized spacial score (nSPS) is 15.1. The van der Waals surface area contributed by atoms with Crippen LogP contribution in [0.3, 0.4) is 0 Å². The Hall–Kier alpha value is -1.95. The lowest BCUT2D eigenvalue weighted by molar-refractivity contribution is -0.143. The highest BCUT2D eigenvalue weighted by Gasteiger charge is 2.18. The number of carbonyl (C=O) groups is 2. The van der Waals surface area contributed by atoms with E-state index in [1.165, 1.54) is 18.9 Å². The van der Waals surface area contributed by atoms with Gasteiger partial charge in [-0.05, 0) is 37.3 Å². The van der Waals surface area contributed by atoms with Gasteiger partial charge in [-0.1, -0.05) is 6.07 Å². The van der Waals surface area contributed by atoms with Crippen LogP contribution in [0.5, 0.6) is 0 Å². The third-order valence-electron chi connectivity index (χ3n) is 3.45. The van der Waals surface area contributed by atoms with Crippen molar-refractivity contribution < 1.29 is 19.4 Å². The average molecular weight is 292 g/mol. The number of hydrogen-bond donors (Lipinski definition) is 2. The number of aryl methyl sites for hydroxylation is 2. The predicted octanol–water partition coefficient (Wildman–Crippen LogP) is 1.07. The first-order valence-corrected chi connectivity index (χ1v) is 7.11. The van der Waals surface area contributed by atoms with Crippen molar-refractivity contribution in [2.75, 3.05) is 6.61 Å². The van der Waals surface area contributed by atoms with Crippen LogP contribution >= 0.6 is 0 Å². The van der Waals surface area contributed by atoms with Gasteiger partial charge < -0.3 is 15.2 Å². The molecule has 0 saturated carbocycles. The summed E-state index contributed by atoms with van der Waals surface area (Å²) in [5, 5.41) is 11.3. The monoisotopic (exact) mass is 292 g/mol. The molecule has 0 fully saturated rings. The van der Waals surface area contributed by atoms with Crippen LogP contribution < -0.4 is 5.32 Å². The Kier molecular flexibility index (Phi) is 5.27. The van der Waals surface area contributed by atoms with Gasteiger partial charge in [-0.25, -0.2) is 4.79 Å². The summed E-state index contributed by atoms with van der Waals surface area (Å²) < 4.78 is 5.38. The number of hydrogen-bond acceptors (Lipinski definition) is 4. The third kappa shape index (κ3) is 4.53. The first-order valence-electron chi connectivity index (χ1n) is 7.11. The van der Waals surface area contributed by atoms with Crippen LogP contribution in [-0.2, 0) is 33.8 Å². The number of fused-ring (bicyclic) bond motifs is 1.